The van der Waals surface area contributed by atoms with Crippen LogP contribution in [0.25, 0.3) is 38.6 Å². The zero-order valence-corrected chi connectivity index (χ0v) is 32.3. The fourth-order valence-electron chi connectivity index (χ4n) is 9.15. The van der Waals surface area contributed by atoms with Gasteiger partial charge in [0, 0.05) is 28.9 Å². The number of para-hydroxylation sites is 2. The molecule has 0 saturated heterocycles. The number of aromatic nitrogens is 1. The van der Waals surface area contributed by atoms with Crippen molar-refractivity contribution in [3.8, 4) is 28.3 Å². The van der Waals surface area contributed by atoms with E-state index < -0.39 is 0 Å². The smallest absolute Gasteiger partial charge is 0.142 e. The SMILES string of the molecule is CCC(CCCc1cc(F)cc(-n2c3ccccc3c3ccccc32)c1O)CCN(C)Cc1cc(F)cc(CC2CCc3ccccc3-c3ccccc32)c1O. The van der Waals surface area contributed by atoms with Crippen LogP contribution in [0.4, 0.5) is 8.78 Å². The number of hydrogen-bond donors (Lipinski definition) is 2. The van der Waals surface area contributed by atoms with Crippen LogP contribution in [-0.2, 0) is 25.8 Å². The molecule has 0 aliphatic heterocycles. The minimum Gasteiger partial charge on any atom is -0.507 e. The van der Waals surface area contributed by atoms with Gasteiger partial charge in [-0.05, 0) is 128 Å². The Labute approximate surface area is 328 Å². The molecule has 6 aromatic carbocycles. The van der Waals surface area contributed by atoms with Gasteiger partial charge in [-0.2, -0.15) is 0 Å². The van der Waals surface area contributed by atoms with Gasteiger partial charge in [0.15, 0.2) is 0 Å². The molecule has 56 heavy (non-hydrogen) atoms. The highest BCUT2D eigenvalue weighted by Crippen LogP contribution is 2.42. The minimum atomic E-state index is -0.364. The molecule has 0 fully saturated rings. The fraction of sp³-hybridized carbons (Fsp3) is 0.280. The molecule has 0 saturated carbocycles. The van der Waals surface area contributed by atoms with Crippen LogP contribution in [0.1, 0.15) is 72.8 Å². The number of rotatable bonds is 13. The van der Waals surface area contributed by atoms with E-state index in [-0.39, 0.29) is 29.1 Å². The largest absolute Gasteiger partial charge is 0.507 e. The lowest BCUT2D eigenvalue weighted by Gasteiger charge is -2.23. The van der Waals surface area contributed by atoms with Crippen molar-refractivity contribution in [3.05, 3.63) is 161 Å². The van der Waals surface area contributed by atoms with Crippen LogP contribution in [0.15, 0.2) is 121 Å². The number of hydrogen-bond acceptors (Lipinski definition) is 3. The number of nitrogens with zero attached hydrogens (tertiary/aromatic N) is 2. The molecule has 1 aliphatic rings. The average Bonchev–Trinajstić information content (AvgIpc) is 3.46. The van der Waals surface area contributed by atoms with Crippen molar-refractivity contribution in [1.29, 1.82) is 0 Å². The standard InChI is InChI=1S/C50H50F2N2O2/c1-3-33(13-12-15-36-28-40(52)31-48(50(36)56)54-46-21-10-8-19-44(46)45-20-9-11-22-47(45)54)25-26-53(2)32-38-30-39(51)29-37(49(38)55)27-35-24-23-34-14-4-5-16-41(34)43-18-7-6-17-42(35)43/h4-11,14,16-22,28-31,33,35,55-56H,3,12-13,15,23-27,32H2,1-2H3. The first-order valence-corrected chi connectivity index (χ1v) is 20.1. The highest BCUT2D eigenvalue weighted by atomic mass is 19.1. The van der Waals surface area contributed by atoms with Crippen LogP contribution in [0, 0.1) is 17.6 Å². The second kappa shape index (κ2) is 16.3. The van der Waals surface area contributed by atoms with E-state index in [1.807, 2.05) is 48.0 Å². The highest BCUT2D eigenvalue weighted by Gasteiger charge is 2.25. The Morgan fingerprint density at radius 1 is 0.714 bits per heavy atom. The molecule has 0 amide bonds. The summed E-state index contributed by atoms with van der Waals surface area (Å²) in [5, 5.41) is 25.2. The van der Waals surface area contributed by atoms with Gasteiger partial charge in [-0.3, -0.25) is 0 Å². The third-order valence-electron chi connectivity index (χ3n) is 12.1. The molecule has 7 aromatic rings. The summed E-state index contributed by atoms with van der Waals surface area (Å²) < 4.78 is 32.3. The fourth-order valence-corrected chi connectivity index (χ4v) is 9.15. The first kappa shape index (κ1) is 37.5. The van der Waals surface area contributed by atoms with E-state index in [0.29, 0.717) is 47.7 Å². The third kappa shape index (κ3) is 7.55. The topological polar surface area (TPSA) is 48.6 Å². The lowest BCUT2D eigenvalue weighted by Crippen LogP contribution is -2.22. The zero-order chi connectivity index (χ0) is 38.8. The van der Waals surface area contributed by atoms with E-state index in [2.05, 4.69) is 72.5 Å². The van der Waals surface area contributed by atoms with Gasteiger partial charge in [-0.15, -0.1) is 0 Å². The van der Waals surface area contributed by atoms with Crippen LogP contribution in [0.3, 0.4) is 0 Å². The number of aryl methyl sites for hydroxylation is 2. The maximum atomic E-state index is 15.2. The third-order valence-corrected chi connectivity index (χ3v) is 12.1. The van der Waals surface area contributed by atoms with Gasteiger partial charge in [-0.1, -0.05) is 105 Å². The Balaban J connectivity index is 0.907. The maximum absolute atomic E-state index is 15.2. The summed E-state index contributed by atoms with van der Waals surface area (Å²) in [6.45, 7) is 3.43. The second-order valence-corrected chi connectivity index (χ2v) is 15.8. The van der Waals surface area contributed by atoms with Crippen LogP contribution >= 0.6 is 0 Å². The normalized spacial score (nSPS) is 14.6. The van der Waals surface area contributed by atoms with Crippen LogP contribution in [0.2, 0.25) is 0 Å². The van der Waals surface area contributed by atoms with Gasteiger partial charge in [0.05, 0.1) is 16.7 Å². The number of phenolic OH excluding ortho intramolecular Hbond substituents is 2. The van der Waals surface area contributed by atoms with Crippen molar-refractivity contribution in [2.75, 3.05) is 13.6 Å². The number of phenols is 2. The molecule has 286 valence electrons. The van der Waals surface area contributed by atoms with Gasteiger partial charge >= 0.3 is 0 Å². The summed E-state index contributed by atoms with van der Waals surface area (Å²) in [4.78, 5) is 2.16. The Morgan fingerprint density at radius 3 is 2.09 bits per heavy atom. The minimum absolute atomic E-state index is 0.119. The summed E-state index contributed by atoms with van der Waals surface area (Å²) in [5.41, 5.74) is 9.26. The van der Waals surface area contributed by atoms with Gasteiger partial charge in [0.25, 0.3) is 0 Å². The lowest BCUT2D eigenvalue weighted by molar-refractivity contribution is 0.278. The predicted molar refractivity (Wildman–Crippen MR) is 225 cm³/mol. The molecule has 2 atom stereocenters. The highest BCUT2D eigenvalue weighted by molar-refractivity contribution is 6.09. The Morgan fingerprint density at radius 2 is 1.34 bits per heavy atom. The summed E-state index contributed by atoms with van der Waals surface area (Å²) in [5.74, 6) is 0.224. The molecule has 6 heteroatoms. The van der Waals surface area contributed by atoms with Gasteiger partial charge in [0.1, 0.15) is 23.1 Å². The van der Waals surface area contributed by atoms with Gasteiger partial charge in [-0.25, -0.2) is 8.78 Å². The maximum Gasteiger partial charge on any atom is 0.142 e. The van der Waals surface area contributed by atoms with Gasteiger partial charge in [0.2, 0.25) is 0 Å². The van der Waals surface area contributed by atoms with E-state index in [1.165, 1.54) is 46.5 Å². The molecule has 1 heterocycles. The molecule has 2 N–H and O–H groups in total. The Bertz CT molecular complexity index is 2450. The average molecular weight is 749 g/mol. The summed E-state index contributed by atoms with van der Waals surface area (Å²) >= 11 is 0. The first-order valence-electron chi connectivity index (χ1n) is 20.1. The van der Waals surface area contributed by atoms with E-state index in [9.17, 15) is 10.2 Å². The number of halogens is 2. The molecular formula is C50H50F2N2O2. The molecule has 1 aromatic heterocycles. The second-order valence-electron chi connectivity index (χ2n) is 15.8. The predicted octanol–water partition coefficient (Wildman–Crippen LogP) is 12.3. The van der Waals surface area contributed by atoms with Crippen LogP contribution in [-0.4, -0.2) is 33.3 Å². The molecule has 2 unspecified atom stereocenters. The summed E-state index contributed by atoms with van der Waals surface area (Å²) in [7, 11) is 2.02. The number of aromatic hydroxyl groups is 2. The lowest BCUT2D eigenvalue weighted by atomic mass is 9.86. The quantitative estimate of drug-likeness (QED) is 0.123. The summed E-state index contributed by atoms with van der Waals surface area (Å²) in [6.07, 6.45) is 6.70. The molecule has 4 nitrogen and oxygen atoms in total. The van der Waals surface area contributed by atoms with Crippen molar-refractivity contribution in [1.82, 2.24) is 9.47 Å². The number of fused-ring (bicyclic) bond motifs is 6. The van der Waals surface area contributed by atoms with Crippen molar-refractivity contribution in [2.24, 2.45) is 5.92 Å². The van der Waals surface area contributed by atoms with Crippen molar-refractivity contribution >= 4 is 21.8 Å². The van der Waals surface area contributed by atoms with E-state index >= 15 is 8.78 Å². The number of benzene rings is 6. The van der Waals surface area contributed by atoms with E-state index in [1.54, 1.807) is 0 Å². The molecule has 1 aliphatic carbocycles. The molecular weight excluding hydrogens is 699 g/mol. The first-order chi connectivity index (χ1) is 27.3. The van der Waals surface area contributed by atoms with Gasteiger partial charge < -0.3 is 19.7 Å². The van der Waals surface area contributed by atoms with Crippen molar-refractivity contribution < 1.29 is 19.0 Å². The zero-order valence-electron chi connectivity index (χ0n) is 32.3. The molecule has 0 bridgehead atoms. The Hall–Kier alpha value is -5.46. The monoisotopic (exact) mass is 748 g/mol. The molecule has 0 radical (unpaired) electrons. The summed E-state index contributed by atoms with van der Waals surface area (Å²) in [6, 6.07) is 39.0. The van der Waals surface area contributed by atoms with Crippen LogP contribution < -0.4 is 0 Å². The van der Waals surface area contributed by atoms with Crippen molar-refractivity contribution in [3.63, 3.8) is 0 Å². The van der Waals surface area contributed by atoms with E-state index in [4.69, 9.17) is 0 Å². The Kier molecular flexibility index (Phi) is 10.9. The molecule has 8 rings (SSSR count). The molecule has 0 spiro atoms. The van der Waals surface area contributed by atoms with Crippen LogP contribution in [0.5, 0.6) is 11.5 Å². The van der Waals surface area contributed by atoms with Crippen molar-refractivity contribution in [2.45, 2.75) is 70.8 Å². The van der Waals surface area contributed by atoms with E-state index in [0.717, 1.165) is 66.9 Å².